The van der Waals surface area contributed by atoms with Crippen LogP contribution in [0.4, 0.5) is 0 Å². The van der Waals surface area contributed by atoms with Gasteiger partial charge in [-0.15, -0.1) is 0 Å². The van der Waals surface area contributed by atoms with Crippen LogP contribution < -0.4 is 5.32 Å². The van der Waals surface area contributed by atoms with Crippen LogP contribution >= 0.6 is 0 Å². The van der Waals surface area contributed by atoms with Crippen molar-refractivity contribution in [2.75, 3.05) is 7.05 Å². The van der Waals surface area contributed by atoms with Crippen LogP contribution in [0.25, 0.3) is 0 Å². The summed E-state index contributed by atoms with van der Waals surface area (Å²) in [5.74, 6) is 0. The second-order valence-corrected chi connectivity index (χ2v) is 3.26. The van der Waals surface area contributed by atoms with E-state index in [0.29, 0.717) is 6.04 Å². The first-order chi connectivity index (χ1) is 5.72. The zero-order chi connectivity index (χ0) is 8.97. The van der Waals surface area contributed by atoms with Crippen LogP contribution in [0.5, 0.6) is 0 Å². The molecule has 0 saturated carbocycles. The van der Waals surface area contributed by atoms with E-state index >= 15 is 0 Å². The van der Waals surface area contributed by atoms with Gasteiger partial charge in [-0.1, -0.05) is 0 Å². The van der Waals surface area contributed by atoms with E-state index in [9.17, 15) is 0 Å². The topological polar surface area (TPSA) is 29.9 Å². The van der Waals surface area contributed by atoms with Gasteiger partial charge in [0.15, 0.2) is 0 Å². The van der Waals surface area contributed by atoms with E-state index in [-0.39, 0.29) is 0 Å². The molecule has 3 heteroatoms. The average Bonchev–Trinajstić information content (AvgIpc) is 2.47. The molecule has 0 aliphatic rings. The normalized spacial score (nSPS) is 13.2. The van der Waals surface area contributed by atoms with Crippen LogP contribution in [0, 0.1) is 6.92 Å². The van der Waals surface area contributed by atoms with Crippen molar-refractivity contribution in [2.24, 2.45) is 0 Å². The van der Waals surface area contributed by atoms with Crippen molar-refractivity contribution in [1.29, 1.82) is 0 Å². The molecular formula is C9H17N3. The average molecular weight is 167 g/mol. The molecule has 3 nitrogen and oxygen atoms in total. The number of rotatable bonds is 4. The fourth-order valence-electron chi connectivity index (χ4n) is 1.06. The third-order valence-corrected chi connectivity index (χ3v) is 2.05. The summed E-state index contributed by atoms with van der Waals surface area (Å²) in [5, 5.41) is 7.41. The molecule has 0 spiro atoms. The van der Waals surface area contributed by atoms with Crippen molar-refractivity contribution in [3.63, 3.8) is 0 Å². The molecule has 0 amide bonds. The van der Waals surface area contributed by atoms with Gasteiger partial charge in [-0.2, -0.15) is 5.10 Å². The summed E-state index contributed by atoms with van der Waals surface area (Å²) in [6.07, 6.45) is 5.09. The Labute approximate surface area is 73.8 Å². The SMILES string of the molecule is CNC(C)CCn1cc(C)cn1. The third kappa shape index (κ3) is 2.66. The predicted molar refractivity (Wildman–Crippen MR) is 50.1 cm³/mol. The Hall–Kier alpha value is -0.830. The highest BCUT2D eigenvalue weighted by atomic mass is 15.3. The van der Waals surface area contributed by atoms with Crippen LogP contribution in [-0.4, -0.2) is 22.9 Å². The number of hydrogen-bond donors (Lipinski definition) is 1. The molecule has 1 rings (SSSR count). The smallest absolute Gasteiger partial charge is 0.0518 e. The van der Waals surface area contributed by atoms with Gasteiger partial charge in [0.1, 0.15) is 0 Å². The maximum absolute atomic E-state index is 4.21. The van der Waals surface area contributed by atoms with E-state index in [1.54, 1.807) is 0 Å². The molecular weight excluding hydrogens is 150 g/mol. The molecule has 1 aromatic rings. The summed E-state index contributed by atoms with van der Waals surface area (Å²) in [5.41, 5.74) is 1.23. The zero-order valence-corrected chi connectivity index (χ0v) is 8.04. The molecule has 12 heavy (non-hydrogen) atoms. The fraction of sp³-hybridized carbons (Fsp3) is 0.667. The minimum atomic E-state index is 0.564. The minimum Gasteiger partial charge on any atom is -0.317 e. The number of aryl methyl sites for hydroxylation is 2. The lowest BCUT2D eigenvalue weighted by Crippen LogP contribution is -2.22. The molecule has 0 aliphatic carbocycles. The third-order valence-electron chi connectivity index (χ3n) is 2.05. The van der Waals surface area contributed by atoms with E-state index < -0.39 is 0 Å². The van der Waals surface area contributed by atoms with Gasteiger partial charge in [0, 0.05) is 18.8 Å². The number of nitrogens with zero attached hydrogens (tertiary/aromatic N) is 2. The molecule has 1 atom stereocenters. The van der Waals surface area contributed by atoms with Gasteiger partial charge in [-0.3, -0.25) is 4.68 Å². The van der Waals surface area contributed by atoms with Gasteiger partial charge >= 0.3 is 0 Å². The summed E-state index contributed by atoms with van der Waals surface area (Å²) in [7, 11) is 1.99. The lowest BCUT2D eigenvalue weighted by Gasteiger charge is -2.08. The van der Waals surface area contributed by atoms with Crippen molar-refractivity contribution in [2.45, 2.75) is 32.9 Å². The number of aromatic nitrogens is 2. The second-order valence-electron chi connectivity index (χ2n) is 3.26. The molecule has 0 radical (unpaired) electrons. The molecule has 0 fully saturated rings. The minimum absolute atomic E-state index is 0.564. The first-order valence-electron chi connectivity index (χ1n) is 4.38. The summed E-state index contributed by atoms with van der Waals surface area (Å²) < 4.78 is 1.99. The highest BCUT2D eigenvalue weighted by Crippen LogP contribution is 1.97. The molecule has 0 saturated heterocycles. The van der Waals surface area contributed by atoms with Gasteiger partial charge in [0.05, 0.1) is 6.20 Å². The summed E-state index contributed by atoms with van der Waals surface area (Å²) in [6.45, 7) is 5.23. The van der Waals surface area contributed by atoms with E-state index in [0.717, 1.165) is 13.0 Å². The first-order valence-corrected chi connectivity index (χ1v) is 4.38. The monoisotopic (exact) mass is 167 g/mol. The second kappa shape index (κ2) is 4.26. The van der Waals surface area contributed by atoms with E-state index in [1.807, 2.05) is 17.9 Å². The maximum Gasteiger partial charge on any atom is 0.0518 e. The Morgan fingerprint density at radius 2 is 2.42 bits per heavy atom. The first kappa shape index (κ1) is 9.26. The Morgan fingerprint density at radius 1 is 1.67 bits per heavy atom. The Kier molecular flexibility index (Phi) is 3.29. The van der Waals surface area contributed by atoms with Crippen molar-refractivity contribution in [3.8, 4) is 0 Å². The molecule has 1 unspecified atom stereocenters. The van der Waals surface area contributed by atoms with Crippen molar-refractivity contribution >= 4 is 0 Å². The highest BCUT2D eigenvalue weighted by molar-refractivity contribution is 4.99. The maximum atomic E-state index is 4.21. The van der Waals surface area contributed by atoms with Gasteiger partial charge < -0.3 is 5.32 Å². The van der Waals surface area contributed by atoms with Crippen molar-refractivity contribution < 1.29 is 0 Å². The fourth-order valence-corrected chi connectivity index (χ4v) is 1.06. The van der Waals surface area contributed by atoms with E-state index in [4.69, 9.17) is 0 Å². The Bertz CT molecular complexity index is 229. The summed E-state index contributed by atoms with van der Waals surface area (Å²) in [6, 6.07) is 0.564. The standard InChI is InChI=1S/C9H17N3/c1-8-6-11-12(7-8)5-4-9(2)10-3/h6-7,9-10H,4-5H2,1-3H3. The summed E-state index contributed by atoms with van der Waals surface area (Å²) >= 11 is 0. The largest absolute Gasteiger partial charge is 0.317 e. The zero-order valence-electron chi connectivity index (χ0n) is 8.04. The lowest BCUT2D eigenvalue weighted by molar-refractivity contribution is 0.485. The van der Waals surface area contributed by atoms with Crippen LogP contribution in [0.15, 0.2) is 12.4 Å². The number of nitrogens with one attached hydrogen (secondary N) is 1. The Balaban J connectivity index is 2.33. The van der Waals surface area contributed by atoms with Gasteiger partial charge in [0.2, 0.25) is 0 Å². The van der Waals surface area contributed by atoms with Gasteiger partial charge in [-0.05, 0) is 32.9 Å². The molecule has 1 aromatic heterocycles. The van der Waals surface area contributed by atoms with Gasteiger partial charge in [-0.25, -0.2) is 0 Å². The van der Waals surface area contributed by atoms with Crippen molar-refractivity contribution in [3.05, 3.63) is 18.0 Å². The predicted octanol–water partition coefficient (Wildman–Crippen LogP) is 1.19. The van der Waals surface area contributed by atoms with E-state index in [2.05, 4.69) is 30.5 Å². The Morgan fingerprint density at radius 3 is 2.92 bits per heavy atom. The molecule has 68 valence electrons. The van der Waals surface area contributed by atoms with Crippen molar-refractivity contribution in [1.82, 2.24) is 15.1 Å². The molecule has 0 bridgehead atoms. The van der Waals surface area contributed by atoms with Crippen LogP contribution in [-0.2, 0) is 6.54 Å². The van der Waals surface area contributed by atoms with Crippen LogP contribution in [0.3, 0.4) is 0 Å². The molecule has 1 heterocycles. The lowest BCUT2D eigenvalue weighted by atomic mass is 10.2. The van der Waals surface area contributed by atoms with Crippen LogP contribution in [0.2, 0.25) is 0 Å². The molecule has 0 aliphatic heterocycles. The quantitative estimate of drug-likeness (QED) is 0.730. The highest BCUT2D eigenvalue weighted by Gasteiger charge is 1.98. The van der Waals surface area contributed by atoms with Gasteiger partial charge in [0.25, 0.3) is 0 Å². The molecule has 1 N–H and O–H groups in total. The molecule has 0 aromatic carbocycles. The van der Waals surface area contributed by atoms with Crippen LogP contribution in [0.1, 0.15) is 18.9 Å². The van der Waals surface area contributed by atoms with E-state index in [1.165, 1.54) is 5.56 Å². The number of hydrogen-bond acceptors (Lipinski definition) is 2. The summed E-state index contributed by atoms with van der Waals surface area (Å²) in [4.78, 5) is 0.